The Hall–Kier alpha value is -2.53. The molecule has 0 aliphatic rings. The lowest BCUT2D eigenvalue weighted by molar-refractivity contribution is -0.117. The zero-order chi connectivity index (χ0) is 17.4. The first kappa shape index (κ1) is 17.8. The average molecular weight is 328 g/mol. The van der Waals surface area contributed by atoms with E-state index in [1.165, 1.54) is 0 Å². The molecule has 0 saturated heterocycles. The molecular weight excluding hydrogens is 304 g/mol. The summed E-state index contributed by atoms with van der Waals surface area (Å²) >= 11 is 0. The molecule has 2 aromatic carbocycles. The summed E-state index contributed by atoms with van der Waals surface area (Å²) in [4.78, 5) is 14.0. The normalized spacial score (nSPS) is 10.5. The van der Waals surface area contributed by atoms with Gasteiger partial charge in [0.2, 0.25) is 5.91 Å². The van der Waals surface area contributed by atoms with Crippen LogP contribution < -0.4 is 14.8 Å². The Labute approximate surface area is 143 Å². The lowest BCUT2D eigenvalue weighted by atomic mass is 10.2. The van der Waals surface area contributed by atoms with Gasteiger partial charge >= 0.3 is 0 Å². The number of carbonyl (C=O) groups excluding carboxylic acids is 1. The molecule has 0 saturated carbocycles. The second-order valence-corrected chi connectivity index (χ2v) is 5.63. The van der Waals surface area contributed by atoms with Crippen LogP contribution in [0, 0.1) is 6.92 Å². The molecular formula is C19H24N2O3. The van der Waals surface area contributed by atoms with Crippen molar-refractivity contribution in [2.75, 3.05) is 39.2 Å². The van der Waals surface area contributed by atoms with Crippen molar-refractivity contribution in [1.29, 1.82) is 0 Å². The molecule has 2 aromatic rings. The minimum Gasteiger partial charge on any atom is -0.497 e. The molecule has 0 heterocycles. The highest BCUT2D eigenvalue weighted by Crippen LogP contribution is 2.16. The van der Waals surface area contributed by atoms with Gasteiger partial charge in [-0.25, -0.2) is 0 Å². The maximum absolute atomic E-state index is 12.0. The highest BCUT2D eigenvalue weighted by molar-refractivity contribution is 5.92. The average Bonchev–Trinajstić information content (AvgIpc) is 2.57. The summed E-state index contributed by atoms with van der Waals surface area (Å²) in [5.74, 6) is 1.59. The molecule has 0 aliphatic heterocycles. The molecule has 5 heteroatoms. The number of aryl methyl sites for hydroxylation is 1. The standard InChI is InChI=1S/C19H24N2O3/c1-15-6-4-5-7-18(15)24-13-12-21(2)14-19(22)20-16-8-10-17(23-3)11-9-16/h4-11H,12-14H2,1-3H3,(H,20,22). The lowest BCUT2D eigenvalue weighted by Crippen LogP contribution is -2.33. The Bertz CT molecular complexity index is 656. The SMILES string of the molecule is COc1ccc(NC(=O)CN(C)CCOc2ccccc2C)cc1. The fourth-order valence-corrected chi connectivity index (χ4v) is 2.23. The van der Waals surface area contributed by atoms with E-state index in [1.54, 1.807) is 7.11 Å². The summed E-state index contributed by atoms with van der Waals surface area (Å²) in [7, 11) is 3.51. The molecule has 128 valence electrons. The van der Waals surface area contributed by atoms with Gasteiger partial charge in [0, 0.05) is 12.2 Å². The van der Waals surface area contributed by atoms with Gasteiger partial charge < -0.3 is 14.8 Å². The summed E-state index contributed by atoms with van der Waals surface area (Å²) in [5, 5.41) is 2.86. The number of amides is 1. The number of carbonyl (C=O) groups is 1. The number of anilines is 1. The number of nitrogens with zero attached hydrogens (tertiary/aromatic N) is 1. The van der Waals surface area contributed by atoms with Crippen molar-refractivity contribution < 1.29 is 14.3 Å². The number of likely N-dealkylation sites (N-methyl/N-ethyl adjacent to an activating group) is 1. The number of benzene rings is 2. The topological polar surface area (TPSA) is 50.8 Å². The van der Waals surface area contributed by atoms with Crippen molar-refractivity contribution in [1.82, 2.24) is 4.90 Å². The van der Waals surface area contributed by atoms with Gasteiger partial charge in [0.1, 0.15) is 18.1 Å². The van der Waals surface area contributed by atoms with E-state index in [4.69, 9.17) is 9.47 Å². The predicted molar refractivity (Wildman–Crippen MR) is 95.8 cm³/mol. The minimum absolute atomic E-state index is 0.0569. The highest BCUT2D eigenvalue weighted by Gasteiger charge is 2.07. The third kappa shape index (κ3) is 5.59. The molecule has 24 heavy (non-hydrogen) atoms. The monoisotopic (exact) mass is 328 g/mol. The van der Waals surface area contributed by atoms with E-state index in [9.17, 15) is 4.79 Å². The first-order valence-electron chi connectivity index (χ1n) is 7.89. The fraction of sp³-hybridized carbons (Fsp3) is 0.316. The number of hydrogen-bond donors (Lipinski definition) is 1. The summed E-state index contributed by atoms with van der Waals surface area (Å²) in [6, 6.07) is 15.2. The Morgan fingerprint density at radius 1 is 1.12 bits per heavy atom. The summed E-state index contributed by atoms with van der Waals surface area (Å²) < 4.78 is 10.8. The Morgan fingerprint density at radius 3 is 2.50 bits per heavy atom. The van der Waals surface area contributed by atoms with Crippen LogP contribution in [0.15, 0.2) is 48.5 Å². The molecule has 0 aromatic heterocycles. The van der Waals surface area contributed by atoms with Crippen LogP contribution in [0.1, 0.15) is 5.56 Å². The molecule has 0 fully saturated rings. The summed E-state index contributed by atoms with van der Waals surface area (Å²) in [6.07, 6.45) is 0. The highest BCUT2D eigenvalue weighted by atomic mass is 16.5. The van der Waals surface area contributed by atoms with Gasteiger partial charge in [-0.05, 0) is 49.9 Å². The van der Waals surface area contributed by atoms with Crippen molar-refractivity contribution in [3.05, 3.63) is 54.1 Å². The molecule has 1 N–H and O–H groups in total. The van der Waals surface area contributed by atoms with Crippen molar-refractivity contribution in [3.63, 3.8) is 0 Å². The summed E-state index contributed by atoms with van der Waals surface area (Å²) in [5.41, 5.74) is 1.86. The number of hydrogen-bond acceptors (Lipinski definition) is 4. The molecule has 0 aliphatic carbocycles. The molecule has 5 nitrogen and oxygen atoms in total. The fourth-order valence-electron chi connectivity index (χ4n) is 2.23. The van der Waals surface area contributed by atoms with Crippen LogP contribution in [0.2, 0.25) is 0 Å². The number of rotatable bonds is 8. The van der Waals surface area contributed by atoms with Gasteiger partial charge in [-0.3, -0.25) is 9.69 Å². The maximum atomic E-state index is 12.0. The Kier molecular flexibility index (Phi) is 6.63. The number of methoxy groups -OCH3 is 1. The Balaban J connectivity index is 1.72. The molecule has 0 atom stereocenters. The maximum Gasteiger partial charge on any atom is 0.238 e. The smallest absolute Gasteiger partial charge is 0.238 e. The molecule has 0 spiro atoms. The van der Waals surface area contributed by atoms with Crippen LogP contribution in [0.4, 0.5) is 5.69 Å². The van der Waals surface area contributed by atoms with E-state index in [-0.39, 0.29) is 5.91 Å². The van der Waals surface area contributed by atoms with Crippen molar-refractivity contribution in [3.8, 4) is 11.5 Å². The van der Waals surface area contributed by atoms with Gasteiger partial charge in [-0.15, -0.1) is 0 Å². The molecule has 0 bridgehead atoms. The Morgan fingerprint density at radius 2 is 1.83 bits per heavy atom. The van der Waals surface area contributed by atoms with Crippen LogP contribution in [0.5, 0.6) is 11.5 Å². The van der Waals surface area contributed by atoms with E-state index in [2.05, 4.69) is 5.32 Å². The van der Waals surface area contributed by atoms with Crippen molar-refractivity contribution in [2.24, 2.45) is 0 Å². The third-order valence-electron chi connectivity index (χ3n) is 3.61. The quantitative estimate of drug-likeness (QED) is 0.809. The van der Waals surface area contributed by atoms with Gasteiger partial charge in [-0.2, -0.15) is 0 Å². The van der Waals surface area contributed by atoms with E-state index in [0.717, 1.165) is 22.7 Å². The molecule has 2 rings (SSSR count). The van der Waals surface area contributed by atoms with E-state index in [1.807, 2.05) is 67.4 Å². The largest absolute Gasteiger partial charge is 0.497 e. The first-order valence-corrected chi connectivity index (χ1v) is 7.89. The van der Waals surface area contributed by atoms with Gasteiger partial charge in [-0.1, -0.05) is 18.2 Å². The number of ether oxygens (including phenoxy) is 2. The lowest BCUT2D eigenvalue weighted by Gasteiger charge is -2.17. The van der Waals surface area contributed by atoms with E-state index in [0.29, 0.717) is 19.7 Å². The minimum atomic E-state index is -0.0569. The summed E-state index contributed by atoms with van der Waals surface area (Å²) in [6.45, 7) is 3.53. The van der Waals surface area contributed by atoms with E-state index >= 15 is 0 Å². The van der Waals surface area contributed by atoms with Crippen LogP contribution >= 0.6 is 0 Å². The van der Waals surface area contributed by atoms with Crippen molar-refractivity contribution in [2.45, 2.75) is 6.92 Å². The van der Waals surface area contributed by atoms with E-state index < -0.39 is 0 Å². The van der Waals surface area contributed by atoms with Gasteiger partial charge in [0.15, 0.2) is 0 Å². The third-order valence-corrected chi connectivity index (χ3v) is 3.61. The molecule has 0 unspecified atom stereocenters. The van der Waals surface area contributed by atoms with Gasteiger partial charge in [0.05, 0.1) is 13.7 Å². The van der Waals surface area contributed by atoms with Gasteiger partial charge in [0.25, 0.3) is 0 Å². The second kappa shape index (κ2) is 8.93. The van der Waals surface area contributed by atoms with Crippen LogP contribution in [0.25, 0.3) is 0 Å². The number of nitrogens with one attached hydrogen (secondary N) is 1. The van der Waals surface area contributed by atoms with Crippen LogP contribution in [-0.2, 0) is 4.79 Å². The zero-order valence-corrected chi connectivity index (χ0v) is 14.4. The molecule has 0 radical (unpaired) electrons. The zero-order valence-electron chi connectivity index (χ0n) is 14.4. The second-order valence-electron chi connectivity index (χ2n) is 5.63. The number of para-hydroxylation sites is 1. The van der Waals surface area contributed by atoms with Crippen molar-refractivity contribution >= 4 is 11.6 Å². The van der Waals surface area contributed by atoms with Crippen LogP contribution in [0.3, 0.4) is 0 Å². The first-order chi connectivity index (χ1) is 11.6. The molecule has 1 amide bonds. The van der Waals surface area contributed by atoms with Crippen LogP contribution in [-0.4, -0.2) is 44.7 Å². The predicted octanol–water partition coefficient (Wildman–Crippen LogP) is 2.95.